The summed E-state index contributed by atoms with van der Waals surface area (Å²) in [5, 5.41) is 0. The van der Waals surface area contributed by atoms with Crippen molar-refractivity contribution in [1.29, 1.82) is 0 Å². The standard InChI is InChI=1S/C16H27N3O/c1-5-20-16(8-6-7-11(2)9-16)15-18-10-14(12(3)17)13(4)19-15/h10-12H,5-9,17H2,1-4H3/t11?,12-,16?/m1/s1. The van der Waals surface area contributed by atoms with Gasteiger partial charge in [0.25, 0.3) is 0 Å². The molecule has 112 valence electrons. The van der Waals surface area contributed by atoms with Crippen LogP contribution in [0.15, 0.2) is 6.20 Å². The predicted molar refractivity (Wildman–Crippen MR) is 80.3 cm³/mol. The van der Waals surface area contributed by atoms with Crippen LogP contribution >= 0.6 is 0 Å². The van der Waals surface area contributed by atoms with Gasteiger partial charge in [-0.15, -0.1) is 0 Å². The summed E-state index contributed by atoms with van der Waals surface area (Å²) in [7, 11) is 0. The Morgan fingerprint density at radius 3 is 2.85 bits per heavy atom. The first-order valence-corrected chi connectivity index (χ1v) is 7.72. The zero-order valence-electron chi connectivity index (χ0n) is 13.1. The Hall–Kier alpha value is -1.00. The summed E-state index contributed by atoms with van der Waals surface area (Å²) in [6.07, 6.45) is 6.35. The lowest BCUT2D eigenvalue weighted by Gasteiger charge is -2.38. The van der Waals surface area contributed by atoms with Crippen molar-refractivity contribution in [2.45, 2.75) is 65.0 Å². The smallest absolute Gasteiger partial charge is 0.160 e. The molecule has 1 aromatic heterocycles. The van der Waals surface area contributed by atoms with Gasteiger partial charge in [0.05, 0.1) is 0 Å². The minimum absolute atomic E-state index is 0.0302. The zero-order chi connectivity index (χ0) is 14.8. The Labute approximate surface area is 122 Å². The van der Waals surface area contributed by atoms with E-state index < -0.39 is 0 Å². The molecule has 4 heteroatoms. The molecule has 2 rings (SSSR count). The van der Waals surface area contributed by atoms with Gasteiger partial charge in [-0.3, -0.25) is 0 Å². The lowest BCUT2D eigenvalue weighted by Crippen LogP contribution is -2.37. The van der Waals surface area contributed by atoms with Gasteiger partial charge in [-0.2, -0.15) is 0 Å². The second-order valence-electron chi connectivity index (χ2n) is 6.15. The SMILES string of the molecule is CCOC1(c2ncc([C@@H](C)N)c(C)n2)CCCC(C)C1. The van der Waals surface area contributed by atoms with Crippen molar-refractivity contribution < 1.29 is 4.74 Å². The molecule has 20 heavy (non-hydrogen) atoms. The molecule has 1 saturated carbocycles. The fraction of sp³-hybridized carbons (Fsp3) is 0.750. The molecular formula is C16H27N3O. The van der Waals surface area contributed by atoms with Crippen molar-refractivity contribution in [3.05, 3.63) is 23.3 Å². The third kappa shape index (κ3) is 3.01. The second kappa shape index (κ2) is 6.19. The molecule has 4 nitrogen and oxygen atoms in total. The molecule has 0 spiro atoms. The highest BCUT2D eigenvalue weighted by atomic mass is 16.5. The Bertz CT molecular complexity index is 457. The van der Waals surface area contributed by atoms with Crippen LogP contribution in [0.1, 0.15) is 69.6 Å². The molecule has 2 unspecified atom stereocenters. The molecule has 0 bridgehead atoms. The van der Waals surface area contributed by atoms with Crippen LogP contribution in [-0.2, 0) is 10.3 Å². The molecule has 0 aliphatic heterocycles. The summed E-state index contributed by atoms with van der Waals surface area (Å²) in [6.45, 7) is 9.01. The number of hydrogen-bond donors (Lipinski definition) is 1. The van der Waals surface area contributed by atoms with Gasteiger partial charge in [0, 0.05) is 30.1 Å². The second-order valence-corrected chi connectivity index (χ2v) is 6.15. The summed E-state index contributed by atoms with van der Waals surface area (Å²) in [6, 6.07) is -0.0302. The highest BCUT2D eigenvalue weighted by Crippen LogP contribution is 2.41. The van der Waals surface area contributed by atoms with E-state index in [0.29, 0.717) is 12.5 Å². The largest absolute Gasteiger partial charge is 0.367 e. The van der Waals surface area contributed by atoms with Crippen LogP contribution in [0.25, 0.3) is 0 Å². The summed E-state index contributed by atoms with van der Waals surface area (Å²) >= 11 is 0. The van der Waals surface area contributed by atoms with E-state index in [9.17, 15) is 0 Å². The third-order valence-corrected chi connectivity index (χ3v) is 4.29. The molecule has 0 radical (unpaired) electrons. The van der Waals surface area contributed by atoms with E-state index >= 15 is 0 Å². The number of aryl methyl sites for hydroxylation is 1. The van der Waals surface area contributed by atoms with Gasteiger partial charge in [-0.1, -0.05) is 13.3 Å². The summed E-state index contributed by atoms with van der Waals surface area (Å²) < 4.78 is 6.13. The van der Waals surface area contributed by atoms with E-state index in [1.807, 2.05) is 27.0 Å². The van der Waals surface area contributed by atoms with Gasteiger partial charge >= 0.3 is 0 Å². The normalized spacial score (nSPS) is 28.4. The third-order valence-electron chi connectivity index (χ3n) is 4.29. The number of aromatic nitrogens is 2. The predicted octanol–water partition coefficient (Wildman–Crippen LogP) is 3.25. The van der Waals surface area contributed by atoms with Gasteiger partial charge in [0.1, 0.15) is 5.60 Å². The zero-order valence-corrected chi connectivity index (χ0v) is 13.1. The molecule has 1 aliphatic rings. The number of ether oxygens (including phenoxy) is 1. The maximum atomic E-state index is 6.13. The molecule has 0 aromatic carbocycles. The number of nitrogens with two attached hydrogens (primary N) is 1. The monoisotopic (exact) mass is 277 g/mol. The van der Waals surface area contributed by atoms with Crippen LogP contribution in [0.5, 0.6) is 0 Å². The first-order chi connectivity index (χ1) is 9.48. The maximum Gasteiger partial charge on any atom is 0.160 e. The van der Waals surface area contributed by atoms with Crippen molar-refractivity contribution in [2.24, 2.45) is 11.7 Å². The van der Waals surface area contributed by atoms with Crippen molar-refractivity contribution in [3.63, 3.8) is 0 Å². The van der Waals surface area contributed by atoms with Crippen molar-refractivity contribution in [2.75, 3.05) is 6.61 Å². The van der Waals surface area contributed by atoms with Crippen molar-refractivity contribution >= 4 is 0 Å². The van der Waals surface area contributed by atoms with Crippen LogP contribution in [0.2, 0.25) is 0 Å². The van der Waals surface area contributed by atoms with Gasteiger partial charge < -0.3 is 10.5 Å². The average molecular weight is 277 g/mol. The molecule has 1 fully saturated rings. The first-order valence-electron chi connectivity index (χ1n) is 7.72. The lowest BCUT2D eigenvalue weighted by atomic mass is 9.78. The Morgan fingerprint density at radius 2 is 2.30 bits per heavy atom. The fourth-order valence-electron chi connectivity index (χ4n) is 3.32. The Morgan fingerprint density at radius 1 is 1.55 bits per heavy atom. The van der Waals surface area contributed by atoms with E-state index in [-0.39, 0.29) is 11.6 Å². The Kier molecular flexibility index (Phi) is 4.76. The number of rotatable bonds is 4. The lowest BCUT2D eigenvalue weighted by molar-refractivity contribution is -0.0882. The van der Waals surface area contributed by atoms with Crippen LogP contribution in [-0.4, -0.2) is 16.6 Å². The van der Waals surface area contributed by atoms with Gasteiger partial charge in [-0.05, 0) is 46.0 Å². The summed E-state index contributed by atoms with van der Waals surface area (Å²) in [5.41, 5.74) is 7.64. The quantitative estimate of drug-likeness (QED) is 0.917. The number of nitrogens with zero attached hydrogens (tertiary/aromatic N) is 2. The Balaban J connectivity index is 2.36. The molecular weight excluding hydrogens is 250 g/mol. The van der Waals surface area contributed by atoms with Crippen LogP contribution < -0.4 is 5.73 Å². The first kappa shape index (κ1) is 15.4. The summed E-state index contributed by atoms with van der Waals surface area (Å²) in [4.78, 5) is 9.32. The van der Waals surface area contributed by atoms with Gasteiger partial charge in [0.2, 0.25) is 0 Å². The van der Waals surface area contributed by atoms with Gasteiger partial charge in [-0.25, -0.2) is 9.97 Å². The van der Waals surface area contributed by atoms with Gasteiger partial charge in [0.15, 0.2) is 5.82 Å². The molecule has 1 aromatic rings. The molecule has 1 aliphatic carbocycles. The highest BCUT2D eigenvalue weighted by Gasteiger charge is 2.40. The minimum Gasteiger partial charge on any atom is -0.367 e. The molecule has 0 saturated heterocycles. The van der Waals surface area contributed by atoms with E-state index in [1.54, 1.807) is 0 Å². The van der Waals surface area contributed by atoms with E-state index in [0.717, 1.165) is 29.9 Å². The minimum atomic E-state index is -0.298. The van der Waals surface area contributed by atoms with Crippen molar-refractivity contribution in [1.82, 2.24) is 9.97 Å². The molecule has 1 heterocycles. The maximum absolute atomic E-state index is 6.13. The van der Waals surface area contributed by atoms with Crippen molar-refractivity contribution in [3.8, 4) is 0 Å². The van der Waals surface area contributed by atoms with Crippen LogP contribution in [0.3, 0.4) is 0 Å². The molecule has 0 amide bonds. The molecule has 3 atom stereocenters. The van der Waals surface area contributed by atoms with Crippen LogP contribution in [0, 0.1) is 12.8 Å². The molecule has 2 N–H and O–H groups in total. The highest BCUT2D eigenvalue weighted by molar-refractivity contribution is 5.21. The fourth-order valence-corrected chi connectivity index (χ4v) is 3.32. The average Bonchev–Trinajstić information content (AvgIpc) is 2.38. The van der Waals surface area contributed by atoms with E-state index in [1.165, 1.54) is 12.8 Å². The topological polar surface area (TPSA) is 61.0 Å². The summed E-state index contributed by atoms with van der Waals surface area (Å²) in [5.74, 6) is 1.50. The van der Waals surface area contributed by atoms with Crippen LogP contribution in [0.4, 0.5) is 0 Å². The van der Waals surface area contributed by atoms with E-state index in [4.69, 9.17) is 15.5 Å². The van der Waals surface area contributed by atoms with E-state index in [2.05, 4.69) is 11.9 Å². The number of hydrogen-bond acceptors (Lipinski definition) is 4.